The van der Waals surface area contributed by atoms with E-state index in [-0.39, 0.29) is 79.2 Å². The van der Waals surface area contributed by atoms with Gasteiger partial charge >= 0.3 is 6.18 Å². The highest BCUT2D eigenvalue weighted by molar-refractivity contribution is 6.08. The topological polar surface area (TPSA) is 166 Å². The molecule has 4 aliphatic rings. The Morgan fingerprint density at radius 1 is 1.09 bits per heavy atom. The number of alkyl halides is 6. The summed E-state index contributed by atoms with van der Waals surface area (Å²) in [6.45, 7) is 2.51. The average molecular weight is 938 g/mol. The Labute approximate surface area is 380 Å². The number of benzene rings is 1. The molecule has 0 spiro atoms. The molecule has 16 nitrogen and oxygen atoms in total. The molecule has 4 atom stereocenters. The van der Waals surface area contributed by atoms with Gasteiger partial charge in [0.25, 0.3) is 12.3 Å². The normalized spacial score (nSPS) is 25.4. The van der Waals surface area contributed by atoms with Gasteiger partial charge in [0.2, 0.25) is 11.8 Å². The number of amides is 3. The number of hydrogen-bond donors (Lipinski definition) is 2. The summed E-state index contributed by atoms with van der Waals surface area (Å²) in [5.74, 6) is 4.60. The monoisotopic (exact) mass is 937 g/mol. The third kappa shape index (κ3) is 9.72. The van der Waals surface area contributed by atoms with Crippen LogP contribution in [0.3, 0.4) is 0 Å². The van der Waals surface area contributed by atoms with Gasteiger partial charge in [0.1, 0.15) is 23.7 Å². The summed E-state index contributed by atoms with van der Waals surface area (Å²) < 4.78 is 100. The van der Waals surface area contributed by atoms with Gasteiger partial charge in [-0.2, -0.15) is 28.5 Å². The molecule has 3 saturated heterocycles. The maximum atomic E-state index is 16.1. The van der Waals surface area contributed by atoms with E-state index in [1.807, 2.05) is 18.2 Å². The van der Waals surface area contributed by atoms with Crippen LogP contribution >= 0.6 is 0 Å². The van der Waals surface area contributed by atoms with E-state index in [9.17, 15) is 36.3 Å². The lowest BCUT2D eigenvalue weighted by Gasteiger charge is -2.42. The summed E-state index contributed by atoms with van der Waals surface area (Å²) in [5.41, 5.74) is -0.416. The predicted octanol–water partition coefficient (Wildman–Crippen LogP) is 5.89. The first-order valence-electron chi connectivity index (χ1n) is 22.3. The first kappa shape index (κ1) is 46.1. The molecular weight excluding hydrogens is 889 g/mol. The minimum Gasteiger partial charge on any atom is -0.365 e. The second-order valence-corrected chi connectivity index (χ2v) is 17.9. The van der Waals surface area contributed by atoms with Gasteiger partial charge in [-0.15, -0.1) is 0 Å². The summed E-state index contributed by atoms with van der Waals surface area (Å²) in [5, 5.41) is 18.6. The van der Waals surface area contributed by atoms with Crippen LogP contribution in [0.25, 0.3) is 16.6 Å². The van der Waals surface area contributed by atoms with Crippen molar-refractivity contribution in [3.63, 3.8) is 0 Å². The highest BCUT2D eigenvalue weighted by Gasteiger charge is 2.44. The first-order chi connectivity index (χ1) is 32.0. The van der Waals surface area contributed by atoms with Crippen molar-refractivity contribution in [2.24, 2.45) is 13.0 Å². The van der Waals surface area contributed by atoms with Crippen molar-refractivity contribution in [1.82, 2.24) is 44.4 Å². The fourth-order valence-electron chi connectivity index (χ4n) is 9.83. The van der Waals surface area contributed by atoms with Crippen molar-refractivity contribution >= 4 is 45.8 Å². The number of aryl methyl sites for hydroxylation is 1. The van der Waals surface area contributed by atoms with Crippen LogP contribution in [0.4, 0.5) is 37.8 Å². The predicted molar refractivity (Wildman–Crippen MR) is 230 cm³/mol. The molecule has 4 aromatic heterocycles. The lowest BCUT2D eigenvalue weighted by molar-refractivity contribution is -0.221. The van der Waals surface area contributed by atoms with E-state index >= 15 is 4.39 Å². The molecule has 0 bridgehead atoms. The van der Waals surface area contributed by atoms with Crippen LogP contribution in [0.15, 0.2) is 42.9 Å². The lowest BCUT2D eigenvalue weighted by atomic mass is 9.84. The Bertz CT molecular complexity index is 2730. The van der Waals surface area contributed by atoms with Gasteiger partial charge in [-0.25, -0.2) is 22.7 Å². The summed E-state index contributed by atoms with van der Waals surface area (Å²) >= 11 is 0. The summed E-state index contributed by atoms with van der Waals surface area (Å²) in [7, 11) is 1.78. The van der Waals surface area contributed by atoms with Gasteiger partial charge < -0.3 is 19.7 Å². The Morgan fingerprint density at radius 2 is 1.90 bits per heavy atom. The number of anilines is 2. The number of imide groups is 1. The number of hydrogen-bond acceptors (Lipinski definition) is 11. The standard InChI is InChI=1S/C45H49F6N11O5/c1-44(48)25-59(16-14-33(44)66-19-4-6-27-5-3-7-29-37(56-58(2)39(27)29)30-12-13-36(63)55-42(30)64)22-26-8-10-28(11-9-26)62-23-32(38(57-62)40(46)47)53-43(65)31-21-52-61-17-15-35(54-41(31)61)60-18-20-67-34(24-60)45(49,50)51/h3,5,7,15,17,21,23,26,28,30,33-34,40H,8-14,16,18-20,22,24-25H2,1-2H3,(H,53,65)(H,55,63,64)/t26-,28-,30?,33?,34?,44-/m1/s1. The molecule has 1 aromatic carbocycles. The zero-order valence-electron chi connectivity index (χ0n) is 36.7. The van der Waals surface area contributed by atoms with Crippen molar-refractivity contribution in [2.45, 2.75) is 94.3 Å². The molecule has 3 amide bonds. The number of carbonyl (C=O) groups is 3. The van der Waals surface area contributed by atoms with Crippen LogP contribution in [0.1, 0.15) is 97.6 Å². The molecule has 22 heteroatoms. The van der Waals surface area contributed by atoms with Gasteiger partial charge in [0.05, 0.1) is 59.9 Å². The first-order valence-corrected chi connectivity index (χ1v) is 22.3. The highest BCUT2D eigenvalue weighted by Crippen LogP contribution is 2.37. The molecular formula is C45H49F6N11O5. The van der Waals surface area contributed by atoms with Gasteiger partial charge in [-0.3, -0.25) is 34.0 Å². The quantitative estimate of drug-likeness (QED) is 0.0975. The molecule has 1 saturated carbocycles. The van der Waals surface area contributed by atoms with Crippen LogP contribution in [-0.4, -0.2) is 127 Å². The molecule has 356 valence electrons. The molecule has 5 aromatic rings. The maximum Gasteiger partial charge on any atom is 0.416 e. The molecule has 2 N–H and O–H groups in total. The van der Waals surface area contributed by atoms with Crippen LogP contribution in [0.2, 0.25) is 0 Å². The number of nitrogens with zero attached hydrogens (tertiary/aromatic N) is 9. The number of likely N-dealkylation sites (tertiary alicyclic amines) is 1. The number of rotatable bonds is 10. The number of morpholine rings is 1. The van der Waals surface area contributed by atoms with Gasteiger partial charge in [-0.1, -0.05) is 24.0 Å². The minimum atomic E-state index is -4.57. The smallest absolute Gasteiger partial charge is 0.365 e. The third-order valence-corrected chi connectivity index (χ3v) is 13.2. The van der Waals surface area contributed by atoms with E-state index in [0.717, 1.165) is 23.7 Å². The van der Waals surface area contributed by atoms with E-state index in [2.05, 4.69) is 47.7 Å². The molecule has 7 heterocycles. The second kappa shape index (κ2) is 18.6. The van der Waals surface area contributed by atoms with Crippen LogP contribution in [0, 0.1) is 17.8 Å². The van der Waals surface area contributed by atoms with E-state index in [1.165, 1.54) is 38.8 Å². The second-order valence-electron chi connectivity index (χ2n) is 17.9. The Hall–Kier alpha value is -6.05. The fraction of sp³-hybridized carbons (Fsp3) is 0.533. The number of nitrogens with one attached hydrogen (secondary N) is 2. The van der Waals surface area contributed by atoms with Crippen molar-refractivity contribution in [1.29, 1.82) is 0 Å². The van der Waals surface area contributed by atoms with Crippen molar-refractivity contribution < 1.29 is 50.2 Å². The number of ether oxygens (including phenoxy) is 2. The lowest BCUT2D eigenvalue weighted by Crippen LogP contribution is -2.54. The van der Waals surface area contributed by atoms with Crippen LogP contribution < -0.4 is 15.5 Å². The Morgan fingerprint density at radius 3 is 2.64 bits per heavy atom. The number of fused-ring (bicyclic) bond motifs is 2. The molecule has 3 unspecified atom stereocenters. The molecule has 3 aliphatic heterocycles. The summed E-state index contributed by atoms with van der Waals surface area (Å²) in [6.07, 6.45) is -2.30. The number of piperidine rings is 2. The van der Waals surface area contributed by atoms with Gasteiger partial charge in [0, 0.05) is 57.4 Å². The molecule has 67 heavy (non-hydrogen) atoms. The third-order valence-electron chi connectivity index (χ3n) is 13.2. The van der Waals surface area contributed by atoms with Crippen molar-refractivity contribution in [2.75, 3.05) is 56.2 Å². The summed E-state index contributed by atoms with van der Waals surface area (Å²) in [6, 6.07) is 6.83. The zero-order chi connectivity index (χ0) is 47.2. The largest absolute Gasteiger partial charge is 0.416 e. The number of para-hydroxylation sites is 1. The van der Waals surface area contributed by atoms with Crippen LogP contribution in [-0.2, 0) is 26.1 Å². The van der Waals surface area contributed by atoms with Crippen molar-refractivity contribution in [3.8, 4) is 11.8 Å². The summed E-state index contributed by atoms with van der Waals surface area (Å²) in [4.78, 5) is 45.7. The van der Waals surface area contributed by atoms with E-state index in [0.29, 0.717) is 50.0 Å². The average Bonchev–Trinajstić information content (AvgIpc) is 4.01. The van der Waals surface area contributed by atoms with Crippen LogP contribution in [0.5, 0.6) is 0 Å². The van der Waals surface area contributed by atoms with Crippen molar-refractivity contribution in [3.05, 3.63) is 65.4 Å². The highest BCUT2D eigenvalue weighted by atomic mass is 19.4. The minimum absolute atomic E-state index is 0.0138. The maximum absolute atomic E-state index is 16.1. The van der Waals surface area contributed by atoms with E-state index in [4.69, 9.17) is 9.47 Å². The number of halogens is 6. The molecule has 4 fully saturated rings. The Balaban J connectivity index is 0.770. The molecule has 9 rings (SSSR count). The number of aromatic nitrogens is 7. The van der Waals surface area contributed by atoms with Gasteiger partial charge in [0.15, 0.2) is 17.4 Å². The number of carbonyl (C=O) groups excluding carboxylic acids is 3. The zero-order valence-corrected chi connectivity index (χ0v) is 36.7. The van der Waals surface area contributed by atoms with E-state index < -0.39 is 54.5 Å². The fourth-order valence-corrected chi connectivity index (χ4v) is 9.83. The van der Waals surface area contributed by atoms with E-state index in [1.54, 1.807) is 18.7 Å². The van der Waals surface area contributed by atoms with Gasteiger partial charge in [-0.05, 0) is 63.5 Å². The molecule has 1 aliphatic carbocycles. The SMILES string of the molecule is Cn1nc(C2CCC(=O)NC2=O)c2cccc(C#CCOC3CCN(C[C@H]4CC[C@H](n5cc(NC(=O)c6cnn7ccc(N8CCOC(C(F)(F)F)C8)nc67)c(C(F)F)n5)CC4)C[C@@]3(C)F)c21. The molecule has 0 radical (unpaired) electrons. The Kier molecular flexibility index (Phi) is 12.8.